The molecule has 2 nitrogen and oxygen atoms in total. The van der Waals surface area contributed by atoms with Gasteiger partial charge in [-0.15, -0.1) is 0 Å². The molecule has 0 radical (unpaired) electrons. The second kappa shape index (κ2) is 4.17. The van der Waals surface area contributed by atoms with Gasteiger partial charge in [0.05, 0.1) is 0 Å². The van der Waals surface area contributed by atoms with Crippen molar-refractivity contribution in [2.75, 3.05) is 0 Å². The molecule has 0 aliphatic heterocycles. The zero-order valence-corrected chi connectivity index (χ0v) is 8.12. The molecule has 2 heteroatoms. The third-order valence-corrected chi connectivity index (χ3v) is 2.33. The van der Waals surface area contributed by atoms with Crippen LogP contribution in [0.25, 0.3) is 0 Å². The van der Waals surface area contributed by atoms with E-state index in [-0.39, 0.29) is 11.5 Å². The van der Waals surface area contributed by atoms with E-state index in [0.717, 1.165) is 18.4 Å². The molecule has 2 N–H and O–H groups in total. The maximum absolute atomic E-state index is 9.48. The molecule has 72 valence electrons. The number of phenols is 2. The molecule has 1 atom stereocenters. The summed E-state index contributed by atoms with van der Waals surface area (Å²) in [7, 11) is 0. The molecular weight excluding hydrogens is 164 g/mol. The van der Waals surface area contributed by atoms with Gasteiger partial charge in [0.25, 0.3) is 0 Å². The van der Waals surface area contributed by atoms with Crippen molar-refractivity contribution in [2.45, 2.75) is 26.7 Å². The van der Waals surface area contributed by atoms with Crippen LogP contribution in [0.1, 0.15) is 25.8 Å². The van der Waals surface area contributed by atoms with Gasteiger partial charge in [0.1, 0.15) is 11.5 Å². The smallest absolute Gasteiger partial charge is 0.122 e. The monoisotopic (exact) mass is 180 g/mol. The van der Waals surface area contributed by atoms with Crippen molar-refractivity contribution in [1.29, 1.82) is 0 Å². The van der Waals surface area contributed by atoms with Crippen molar-refractivity contribution in [2.24, 2.45) is 5.92 Å². The summed E-state index contributed by atoms with van der Waals surface area (Å²) in [6.07, 6.45) is 1.96. The molecule has 1 rings (SSSR count). The van der Waals surface area contributed by atoms with E-state index in [4.69, 9.17) is 5.11 Å². The Hall–Kier alpha value is -1.18. The SMILES string of the molecule is CCC(C)Cc1ccc(O)cc1O. The van der Waals surface area contributed by atoms with Crippen molar-refractivity contribution in [3.63, 3.8) is 0 Å². The molecule has 0 aliphatic carbocycles. The van der Waals surface area contributed by atoms with Crippen molar-refractivity contribution < 1.29 is 10.2 Å². The minimum absolute atomic E-state index is 0.116. The van der Waals surface area contributed by atoms with Gasteiger partial charge in [0, 0.05) is 6.07 Å². The molecule has 0 spiro atoms. The van der Waals surface area contributed by atoms with Crippen molar-refractivity contribution in [1.82, 2.24) is 0 Å². The zero-order valence-electron chi connectivity index (χ0n) is 8.12. The Balaban J connectivity index is 2.77. The van der Waals surface area contributed by atoms with Crippen LogP contribution in [0.5, 0.6) is 11.5 Å². The van der Waals surface area contributed by atoms with Crippen molar-refractivity contribution in [3.8, 4) is 11.5 Å². The Morgan fingerprint density at radius 1 is 1.31 bits per heavy atom. The molecule has 0 fully saturated rings. The van der Waals surface area contributed by atoms with Crippen LogP contribution >= 0.6 is 0 Å². The van der Waals surface area contributed by atoms with E-state index < -0.39 is 0 Å². The molecule has 1 unspecified atom stereocenters. The fraction of sp³-hybridized carbons (Fsp3) is 0.455. The number of aromatic hydroxyl groups is 2. The topological polar surface area (TPSA) is 40.5 Å². The minimum Gasteiger partial charge on any atom is -0.508 e. The normalized spacial score (nSPS) is 12.8. The summed E-state index contributed by atoms with van der Waals surface area (Å²) in [5, 5.41) is 18.5. The first kappa shape index (κ1) is 9.90. The molecule has 0 saturated carbocycles. The molecule has 0 heterocycles. The summed E-state index contributed by atoms with van der Waals surface area (Å²) >= 11 is 0. The average Bonchev–Trinajstić information content (AvgIpc) is 2.09. The lowest BCUT2D eigenvalue weighted by molar-refractivity contribution is 0.439. The highest BCUT2D eigenvalue weighted by atomic mass is 16.3. The van der Waals surface area contributed by atoms with Crippen LogP contribution in [-0.2, 0) is 6.42 Å². The largest absolute Gasteiger partial charge is 0.508 e. The fourth-order valence-electron chi connectivity index (χ4n) is 1.24. The first-order valence-corrected chi connectivity index (χ1v) is 4.64. The molecule has 0 bridgehead atoms. The number of hydrogen-bond acceptors (Lipinski definition) is 2. The van der Waals surface area contributed by atoms with Gasteiger partial charge < -0.3 is 10.2 Å². The van der Waals surface area contributed by atoms with E-state index in [0.29, 0.717) is 5.92 Å². The minimum atomic E-state index is 0.116. The zero-order chi connectivity index (χ0) is 9.84. The quantitative estimate of drug-likeness (QED) is 0.750. The van der Waals surface area contributed by atoms with Gasteiger partial charge in [-0.25, -0.2) is 0 Å². The Labute approximate surface area is 78.8 Å². The van der Waals surface area contributed by atoms with Gasteiger partial charge >= 0.3 is 0 Å². The van der Waals surface area contributed by atoms with Crippen LogP contribution in [0.15, 0.2) is 18.2 Å². The average molecular weight is 180 g/mol. The summed E-state index contributed by atoms with van der Waals surface area (Å²) in [4.78, 5) is 0. The molecule has 13 heavy (non-hydrogen) atoms. The van der Waals surface area contributed by atoms with Crippen LogP contribution in [0.2, 0.25) is 0 Å². The highest BCUT2D eigenvalue weighted by molar-refractivity contribution is 5.39. The Morgan fingerprint density at radius 2 is 2.00 bits per heavy atom. The maximum Gasteiger partial charge on any atom is 0.122 e. The lowest BCUT2D eigenvalue weighted by Gasteiger charge is -2.09. The summed E-state index contributed by atoms with van der Waals surface area (Å²) in [6.45, 7) is 4.27. The lowest BCUT2D eigenvalue weighted by Crippen LogP contribution is -1.97. The van der Waals surface area contributed by atoms with Gasteiger partial charge in [-0.2, -0.15) is 0 Å². The van der Waals surface area contributed by atoms with Gasteiger partial charge in [0.15, 0.2) is 0 Å². The summed E-state index contributed by atoms with van der Waals surface area (Å²) in [5.41, 5.74) is 0.909. The lowest BCUT2D eigenvalue weighted by atomic mass is 9.98. The third kappa shape index (κ3) is 2.65. The van der Waals surface area contributed by atoms with Crippen LogP contribution in [0, 0.1) is 5.92 Å². The number of phenolic OH excluding ortho intramolecular Hbond substituents is 2. The number of hydrogen-bond donors (Lipinski definition) is 2. The van der Waals surface area contributed by atoms with E-state index in [2.05, 4.69) is 13.8 Å². The van der Waals surface area contributed by atoms with E-state index in [1.807, 2.05) is 0 Å². The fourth-order valence-corrected chi connectivity index (χ4v) is 1.24. The maximum atomic E-state index is 9.48. The summed E-state index contributed by atoms with van der Waals surface area (Å²) in [6, 6.07) is 4.77. The predicted octanol–water partition coefficient (Wildman–Crippen LogP) is 2.69. The Morgan fingerprint density at radius 3 is 2.54 bits per heavy atom. The summed E-state index contributed by atoms with van der Waals surface area (Å²) < 4.78 is 0. The van der Waals surface area contributed by atoms with Crippen molar-refractivity contribution in [3.05, 3.63) is 23.8 Å². The van der Waals surface area contributed by atoms with Gasteiger partial charge in [0.2, 0.25) is 0 Å². The number of rotatable bonds is 3. The van der Waals surface area contributed by atoms with Crippen LogP contribution < -0.4 is 0 Å². The van der Waals surface area contributed by atoms with Crippen molar-refractivity contribution >= 4 is 0 Å². The molecule has 0 aliphatic rings. The first-order chi connectivity index (χ1) is 6.13. The standard InChI is InChI=1S/C11H16O2/c1-3-8(2)6-9-4-5-10(12)7-11(9)13/h4-5,7-8,12-13H,3,6H2,1-2H3. The van der Waals surface area contributed by atoms with Gasteiger partial charge in [-0.3, -0.25) is 0 Å². The molecular formula is C11H16O2. The van der Waals surface area contributed by atoms with Gasteiger partial charge in [-0.05, 0) is 24.0 Å². The highest BCUT2D eigenvalue weighted by Gasteiger charge is 2.05. The molecule has 0 aromatic heterocycles. The number of benzene rings is 1. The van der Waals surface area contributed by atoms with E-state index in [9.17, 15) is 5.11 Å². The Kier molecular flexibility index (Phi) is 3.18. The second-order valence-corrected chi connectivity index (χ2v) is 3.53. The third-order valence-electron chi connectivity index (χ3n) is 2.33. The van der Waals surface area contributed by atoms with Crippen LogP contribution in [0.4, 0.5) is 0 Å². The van der Waals surface area contributed by atoms with Crippen LogP contribution in [0.3, 0.4) is 0 Å². The van der Waals surface area contributed by atoms with Crippen LogP contribution in [-0.4, -0.2) is 10.2 Å². The molecule has 1 aromatic carbocycles. The first-order valence-electron chi connectivity index (χ1n) is 4.64. The van der Waals surface area contributed by atoms with E-state index in [1.54, 1.807) is 12.1 Å². The molecule has 1 aromatic rings. The second-order valence-electron chi connectivity index (χ2n) is 3.53. The van der Waals surface area contributed by atoms with Gasteiger partial charge in [-0.1, -0.05) is 26.3 Å². The van der Waals surface area contributed by atoms with E-state index in [1.165, 1.54) is 6.07 Å². The molecule has 0 amide bonds. The molecule has 0 saturated heterocycles. The highest BCUT2D eigenvalue weighted by Crippen LogP contribution is 2.25. The van der Waals surface area contributed by atoms with E-state index >= 15 is 0 Å². The summed E-state index contributed by atoms with van der Waals surface area (Å²) in [5.74, 6) is 0.876. The predicted molar refractivity (Wildman–Crippen MR) is 52.9 cm³/mol. The Bertz CT molecular complexity index is 281.